The first-order chi connectivity index (χ1) is 36.2. The second-order valence-corrected chi connectivity index (χ2v) is 21.8. The fourth-order valence-corrected chi connectivity index (χ4v) is 9.77. The summed E-state index contributed by atoms with van der Waals surface area (Å²) >= 11 is 0. The van der Waals surface area contributed by atoms with Gasteiger partial charge in [0.05, 0.1) is 18.8 Å². The van der Waals surface area contributed by atoms with E-state index in [9.17, 15) is 15.0 Å². The third-order valence-corrected chi connectivity index (χ3v) is 14.6. The van der Waals surface area contributed by atoms with Crippen LogP contribution in [0, 0.1) is 0 Å². The van der Waals surface area contributed by atoms with Crippen molar-refractivity contribution in [2.24, 2.45) is 0 Å². The smallest absolute Gasteiger partial charge is 0.220 e. The van der Waals surface area contributed by atoms with Gasteiger partial charge in [-0.1, -0.05) is 336 Å². The number of aliphatic hydroxyl groups is 2. The first-order valence-electron chi connectivity index (χ1n) is 32.3. The molecular weight excluding hydrogens is 891 g/mol. The number of nitrogens with one attached hydrogen (secondary N) is 1. The Morgan fingerprint density at radius 2 is 0.603 bits per heavy atom. The number of unbranched alkanes of at least 4 members (excludes halogenated alkanes) is 40. The number of carbonyl (C=O) groups is 1. The largest absolute Gasteiger partial charge is 0.394 e. The van der Waals surface area contributed by atoms with E-state index in [-0.39, 0.29) is 12.5 Å². The van der Waals surface area contributed by atoms with Crippen LogP contribution in [0.5, 0.6) is 0 Å². The Labute approximate surface area is 456 Å². The molecular formula is C69H125NO3. The van der Waals surface area contributed by atoms with Crippen LogP contribution in [0.4, 0.5) is 0 Å². The zero-order chi connectivity index (χ0) is 52.7. The zero-order valence-electron chi connectivity index (χ0n) is 48.9. The Balaban J connectivity index is 3.47. The molecule has 0 aliphatic carbocycles. The molecule has 0 bridgehead atoms. The third kappa shape index (κ3) is 60.3. The molecule has 0 saturated carbocycles. The molecule has 2 atom stereocenters. The number of hydrogen-bond donors (Lipinski definition) is 3. The molecule has 4 nitrogen and oxygen atoms in total. The van der Waals surface area contributed by atoms with Crippen LogP contribution in [0.2, 0.25) is 0 Å². The summed E-state index contributed by atoms with van der Waals surface area (Å²) in [5.41, 5.74) is 0. The summed E-state index contributed by atoms with van der Waals surface area (Å²) in [4.78, 5) is 12.5. The molecule has 73 heavy (non-hydrogen) atoms. The molecule has 0 spiro atoms. The lowest BCUT2D eigenvalue weighted by atomic mass is 10.0. The van der Waals surface area contributed by atoms with Gasteiger partial charge in [-0.25, -0.2) is 0 Å². The number of rotatable bonds is 59. The van der Waals surface area contributed by atoms with E-state index in [1.54, 1.807) is 6.08 Å². The third-order valence-electron chi connectivity index (χ3n) is 14.6. The SMILES string of the molecule is CC/C=C\C/C=C\C/C=C\C/C=C\C/C=C\C/C=C\CCCCCCCCCCCCCCCCCCCCC(=O)NC(CO)C(O)/C=C/CCCCCCCCCCCCCCCCCCCCCCCC. The number of carbonyl (C=O) groups excluding carboxylic acids is 1. The molecule has 0 aromatic heterocycles. The lowest BCUT2D eigenvalue weighted by Gasteiger charge is -2.20. The van der Waals surface area contributed by atoms with Crippen molar-refractivity contribution in [1.82, 2.24) is 5.32 Å². The van der Waals surface area contributed by atoms with Crippen molar-refractivity contribution in [3.8, 4) is 0 Å². The van der Waals surface area contributed by atoms with E-state index in [1.165, 1.54) is 244 Å². The van der Waals surface area contributed by atoms with Crippen molar-refractivity contribution in [2.75, 3.05) is 6.61 Å². The van der Waals surface area contributed by atoms with Crippen LogP contribution in [-0.2, 0) is 4.79 Å². The minimum Gasteiger partial charge on any atom is -0.394 e. The standard InChI is InChI=1S/C69H125NO3/c1-3-5-7-9-11-13-15-17-19-21-23-25-27-29-30-31-32-33-34-35-36-37-38-39-40-41-43-45-47-49-51-53-55-57-59-61-63-65-69(73)70-67(66-71)68(72)64-62-60-58-56-54-52-50-48-46-44-42-28-26-24-22-20-18-16-14-12-10-8-6-4-2/h5,7,11,13,17,19,23,25,29-30,32-33,62,64,67-68,71-72H,3-4,6,8-10,12,14-16,18,20-22,24,26-28,31,34-61,63,65-66H2,1-2H3,(H,70,73)/b7-5-,13-11-,19-17-,25-23-,30-29-,33-32-,64-62+. The monoisotopic (exact) mass is 1020 g/mol. The summed E-state index contributed by atoms with van der Waals surface area (Å²) in [6, 6.07) is -0.626. The summed E-state index contributed by atoms with van der Waals surface area (Å²) in [7, 11) is 0. The topological polar surface area (TPSA) is 69.6 Å². The Kier molecular flexibility index (Phi) is 61.7. The van der Waals surface area contributed by atoms with Gasteiger partial charge in [0.2, 0.25) is 5.91 Å². The Hall–Kier alpha value is -2.43. The van der Waals surface area contributed by atoms with E-state index in [4.69, 9.17) is 0 Å². The van der Waals surface area contributed by atoms with Crippen molar-refractivity contribution in [3.63, 3.8) is 0 Å². The van der Waals surface area contributed by atoms with Crippen LogP contribution < -0.4 is 5.32 Å². The number of hydrogen-bond acceptors (Lipinski definition) is 3. The Bertz CT molecular complexity index is 1290. The van der Waals surface area contributed by atoms with Gasteiger partial charge in [-0.3, -0.25) is 4.79 Å². The number of aliphatic hydroxyl groups excluding tert-OH is 2. The normalized spacial score (nSPS) is 13.3. The Morgan fingerprint density at radius 1 is 0.342 bits per heavy atom. The average Bonchev–Trinajstić information content (AvgIpc) is 3.40. The number of allylic oxidation sites excluding steroid dienone is 13. The van der Waals surface area contributed by atoms with E-state index >= 15 is 0 Å². The van der Waals surface area contributed by atoms with Crippen LogP contribution in [0.1, 0.15) is 328 Å². The maximum Gasteiger partial charge on any atom is 0.220 e. The molecule has 1 amide bonds. The van der Waals surface area contributed by atoms with Gasteiger partial charge in [-0.2, -0.15) is 0 Å². The van der Waals surface area contributed by atoms with Crippen LogP contribution >= 0.6 is 0 Å². The summed E-state index contributed by atoms with van der Waals surface area (Å²) < 4.78 is 0. The molecule has 0 fully saturated rings. The fraction of sp³-hybridized carbons (Fsp3) is 0.783. The number of amides is 1. The molecule has 2 unspecified atom stereocenters. The molecule has 4 heteroatoms. The highest BCUT2D eigenvalue weighted by Crippen LogP contribution is 2.18. The maximum atomic E-state index is 12.5. The van der Waals surface area contributed by atoms with Crippen molar-refractivity contribution >= 4 is 5.91 Å². The van der Waals surface area contributed by atoms with E-state index in [0.29, 0.717) is 6.42 Å². The minimum absolute atomic E-state index is 0.0607. The van der Waals surface area contributed by atoms with E-state index < -0.39 is 12.1 Å². The zero-order valence-corrected chi connectivity index (χ0v) is 48.9. The van der Waals surface area contributed by atoms with E-state index in [2.05, 4.69) is 92.1 Å². The molecule has 0 aliphatic rings. The molecule has 0 aromatic rings. The predicted octanol–water partition coefficient (Wildman–Crippen LogP) is 21.9. The highest BCUT2D eigenvalue weighted by molar-refractivity contribution is 5.76. The van der Waals surface area contributed by atoms with Gasteiger partial charge in [-0.05, 0) is 70.6 Å². The molecule has 0 aliphatic heterocycles. The van der Waals surface area contributed by atoms with Gasteiger partial charge in [0.25, 0.3) is 0 Å². The molecule has 3 N–H and O–H groups in total. The fourth-order valence-electron chi connectivity index (χ4n) is 9.77. The first kappa shape index (κ1) is 70.6. The highest BCUT2D eigenvalue weighted by Gasteiger charge is 2.18. The van der Waals surface area contributed by atoms with Gasteiger partial charge < -0.3 is 15.5 Å². The van der Waals surface area contributed by atoms with Crippen LogP contribution in [-0.4, -0.2) is 34.9 Å². The minimum atomic E-state index is -0.843. The molecule has 0 rings (SSSR count). The molecule has 0 radical (unpaired) electrons. The average molecular weight is 1020 g/mol. The second-order valence-electron chi connectivity index (χ2n) is 21.8. The predicted molar refractivity (Wildman–Crippen MR) is 327 cm³/mol. The van der Waals surface area contributed by atoms with Crippen molar-refractivity contribution < 1.29 is 15.0 Å². The maximum absolute atomic E-state index is 12.5. The first-order valence-corrected chi connectivity index (χ1v) is 32.3. The van der Waals surface area contributed by atoms with Gasteiger partial charge >= 0.3 is 0 Å². The van der Waals surface area contributed by atoms with Crippen molar-refractivity contribution in [1.29, 1.82) is 0 Å². The molecule has 0 heterocycles. The quantitative estimate of drug-likeness (QED) is 0.0420. The highest BCUT2D eigenvalue weighted by atomic mass is 16.3. The van der Waals surface area contributed by atoms with Crippen LogP contribution in [0.25, 0.3) is 0 Å². The van der Waals surface area contributed by atoms with Crippen LogP contribution in [0.15, 0.2) is 85.1 Å². The lowest BCUT2D eigenvalue weighted by Crippen LogP contribution is -2.45. The van der Waals surface area contributed by atoms with E-state index in [1.807, 2.05) is 6.08 Å². The van der Waals surface area contributed by atoms with Gasteiger partial charge in [0.15, 0.2) is 0 Å². The summed E-state index contributed by atoms with van der Waals surface area (Å²) in [6.45, 7) is 4.22. The lowest BCUT2D eigenvalue weighted by molar-refractivity contribution is -0.123. The summed E-state index contributed by atoms with van der Waals surface area (Å²) in [6.07, 6.45) is 93.5. The van der Waals surface area contributed by atoms with E-state index in [0.717, 1.165) is 64.2 Å². The second kappa shape index (κ2) is 63.9. The van der Waals surface area contributed by atoms with Crippen molar-refractivity contribution in [2.45, 2.75) is 341 Å². The molecule has 0 saturated heterocycles. The van der Waals surface area contributed by atoms with Crippen LogP contribution in [0.3, 0.4) is 0 Å². The molecule has 424 valence electrons. The summed E-state index contributed by atoms with van der Waals surface area (Å²) in [5, 5.41) is 23.3. The van der Waals surface area contributed by atoms with Crippen molar-refractivity contribution in [3.05, 3.63) is 85.1 Å². The van der Waals surface area contributed by atoms with Gasteiger partial charge in [0, 0.05) is 6.42 Å². The van der Waals surface area contributed by atoms with Gasteiger partial charge in [0.1, 0.15) is 0 Å². The molecule has 0 aromatic carbocycles. The van der Waals surface area contributed by atoms with Gasteiger partial charge in [-0.15, -0.1) is 0 Å². The Morgan fingerprint density at radius 3 is 0.904 bits per heavy atom. The summed E-state index contributed by atoms with van der Waals surface area (Å²) in [5.74, 6) is -0.0607.